The molecule has 3 aromatic rings. The van der Waals surface area contributed by atoms with Gasteiger partial charge in [0.2, 0.25) is 0 Å². The number of hydrogen-bond donors (Lipinski definition) is 1. The molecule has 0 spiro atoms. The maximum atomic E-state index is 11.3. The van der Waals surface area contributed by atoms with Crippen LogP contribution in [0.2, 0.25) is 5.32 Å². The first-order valence-electron chi connectivity index (χ1n) is 11.6. The van der Waals surface area contributed by atoms with Crippen LogP contribution in [-0.4, -0.2) is 58.4 Å². The van der Waals surface area contributed by atoms with Gasteiger partial charge in [0.25, 0.3) is 0 Å². The van der Waals surface area contributed by atoms with Crippen LogP contribution in [0.25, 0.3) is 0 Å². The summed E-state index contributed by atoms with van der Waals surface area (Å²) >= 11 is 0.214. The van der Waals surface area contributed by atoms with Gasteiger partial charge in [0, 0.05) is 0 Å². The summed E-state index contributed by atoms with van der Waals surface area (Å²) in [6, 6.07) is 30.4. The van der Waals surface area contributed by atoms with E-state index in [1.807, 2.05) is 78.9 Å². The second-order valence-electron chi connectivity index (χ2n) is 8.32. The quantitative estimate of drug-likeness (QED) is 0.365. The van der Waals surface area contributed by atoms with Crippen LogP contribution >= 0.6 is 0 Å². The Morgan fingerprint density at radius 3 is 2.06 bits per heavy atom. The molecule has 0 aliphatic carbocycles. The zero-order chi connectivity index (χ0) is 23.6. The van der Waals surface area contributed by atoms with Gasteiger partial charge < -0.3 is 0 Å². The van der Waals surface area contributed by atoms with E-state index in [-0.39, 0.29) is 20.9 Å². The number of hydrogen-bond acceptors (Lipinski definition) is 5. The summed E-state index contributed by atoms with van der Waals surface area (Å²) in [6.45, 7) is 1.21. The first-order valence-corrected chi connectivity index (χ1v) is 13.6. The summed E-state index contributed by atoms with van der Waals surface area (Å²) in [6.07, 6.45) is -2.12. The zero-order valence-electron chi connectivity index (χ0n) is 19.4. The molecule has 4 rings (SSSR count). The molecule has 0 aromatic heterocycles. The van der Waals surface area contributed by atoms with E-state index >= 15 is 0 Å². The summed E-state index contributed by atoms with van der Waals surface area (Å²) in [4.78, 5) is 0. The van der Waals surface area contributed by atoms with Crippen LogP contribution in [0, 0.1) is 5.92 Å². The van der Waals surface area contributed by atoms with E-state index in [4.69, 9.17) is 18.9 Å². The normalized spacial score (nSPS) is 23.1. The monoisotopic (exact) mass is 528 g/mol. The van der Waals surface area contributed by atoms with Gasteiger partial charge >= 0.3 is 208 Å². The molecule has 0 radical (unpaired) electrons. The third-order valence-corrected chi connectivity index (χ3v) is 8.33. The van der Waals surface area contributed by atoms with E-state index in [2.05, 4.69) is 12.1 Å². The average molecular weight is 528 g/mol. The molecule has 0 amide bonds. The molecule has 5 nitrogen and oxygen atoms in total. The minimum atomic E-state index is -0.698. The molecule has 34 heavy (non-hydrogen) atoms. The van der Waals surface area contributed by atoms with E-state index in [9.17, 15) is 5.11 Å². The summed E-state index contributed by atoms with van der Waals surface area (Å²) in [5, 5.41) is 12.1. The Balaban J connectivity index is 1.41. The molecule has 0 unspecified atom stereocenters. The summed E-state index contributed by atoms with van der Waals surface area (Å²) in [5.41, 5.74) is 2.16. The van der Waals surface area contributed by atoms with Crippen LogP contribution in [0.3, 0.4) is 0 Å². The minimum absolute atomic E-state index is 0.118. The molecule has 0 saturated carbocycles. The van der Waals surface area contributed by atoms with Crippen LogP contribution < -0.4 is 4.46 Å². The molecule has 3 aromatic carbocycles. The maximum absolute atomic E-state index is 11.3. The fraction of sp³-hybridized carbons (Fsp3) is 0.357. The Morgan fingerprint density at radius 1 is 0.853 bits per heavy atom. The number of benzene rings is 3. The summed E-state index contributed by atoms with van der Waals surface area (Å²) < 4.78 is 25.4. The van der Waals surface area contributed by atoms with Crippen molar-refractivity contribution in [3.63, 3.8) is 0 Å². The van der Waals surface area contributed by atoms with Gasteiger partial charge in [-0.25, -0.2) is 0 Å². The van der Waals surface area contributed by atoms with E-state index in [0.29, 0.717) is 19.8 Å². The van der Waals surface area contributed by atoms with Crippen molar-refractivity contribution in [3.05, 3.63) is 102 Å². The molecular weight excluding hydrogens is 495 g/mol. The Bertz CT molecular complexity index is 956. The molecule has 0 bridgehead atoms. The van der Waals surface area contributed by atoms with Gasteiger partial charge in [0.15, 0.2) is 0 Å². The first-order chi connectivity index (χ1) is 16.7. The number of rotatable bonds is 12. The number of aliphatic hydroxyl groups excluding tert-OH is 1. The molecule has 5 atom stereocenters. The summed E-state index contributed by atoms with van der Waals surface area (Å²) in [7, 11) is 1.63. The van der Waals surface area contributed by atoms with Crippen LogP contribution in [-0.2, 0) is 32.2 Å². The topological polar surface area (TPSA) is 57.2 Å². The third-order valence-electron chi connectivity index (χ3n) is 5.90. The Kier molecular flexibility index (Phi) is 9.72. The molecule has 1 N–H and O–H groups in total. The van der Waals surface area contributed by atoms with Gasteiger partial charge in [0.05, 0.1) is 0 Å². The van der Waals surface area contributed by atoms with E-state index in [1.165, 1.54) is 4.46 Å². The van der Waals surface area contributed by atoms with Gasteiger partial charge in [-0.1, -0.05) is 0 Å². The predicted octanol–water partition coefficient (Wildman–Crippen LogP) is 3.59. The van der Waals surface area contributed by atoms with Gasteiger partial charge in [-0.2, -0.15) is 0 Å². The molecule has 1 aliphatic heterocycles. The molecule has 1 fully saturated rings. The number of ether oxygens (including phenoxy) is 4. The van der Waals surface area contributed by atoms with Crippen molar-refractivity contribution in [3.8, 4) is 0 Å². The Morgan fingerprint density at radius 2 is 1.44 bits per heavy atom. The van der Waals surface area contributed by atoms with E-state index < -0.39 is 24.6 Å². The van der Waals surface area contributed by atoms with E-state index in [0.717, 1.165) is 16.4 Å². The standard InChI is InChI=1S/C28H32O5Se/c1-30-28-24(20-34-23-15-9-4-10-16-23)26(29)27(33-28)25(32-18-22-13-7-3-8-14-22)19-31-17-21-11-5-2-6-12-21/h2-16,24-29H,17-20H2,1H3/t24-,25+,26-,27+,28+/m0/s1. The molecule has 1 aliphatic rings. The van der Waals surface area contributed by atoms with Crippen molar-refractivity contribution in [1.82, 2.24) is 0 Å². The Hall–Kier alpha value is -2.02. The third kappa shape index (κ3) is 7.00. The van der Waals surface area contributed by atoms with Crippen molar-refractivity contribution in [2.45, 2.75) is 43.1 Å². The van der Waals surface area contributed by atoms with Crippen molar-refractivity contribution >= 4 is 19.4 Å². The second-order valence-corrected chi connectivity index (χ2v) is 10.6. The van der Waals surface area contributed by atoms with Gasteiger partial charge in [0.1, 0.15) is 0 Å². The zero-order valence-corrected chi connectivity index (χ0v) is 21.1. The fourth-order valence-electron chi connectivity index (χ4n) is 4.05. The van der Waals surface area contributed by atoms with Crippen LogP contribution in [0.5, 0.6) is 0 Å². The van der Waals surface area contributed by atoms with Gasteiger partial charge in [-0.05, 0) is 0 Å². The molecule has 6 heteroatoms. The van der Waals surface area contributed by atoms with Crippen molar-refractivity contribution < 1.29 is 24.1 Å². The fourth-order valence-corrected chi connectivity index (χ4v) is 6.33. The average Bonchev–Trinajstić information content (AvgIpc) is 3.21. The molecule has 1 heterocycles. The predicted molar refractivity (Wildman–Crippen MR) is 133 cm³/mol. The molecular formula is C28H32O5Se. The SMILES string of the molecule is CO[C@@H]1O[C@H]([C@@H](COCc2ccccc2)OCc2ccccc2)[C@@H](O)[C@@H]1C[Se]c1ccccc1. The number of aliphatic hydroxyl groups is 1. The van der Waals surface area contributed by atoms with Crippen LogP contribution in [0.1, 0.15) is 11.1 Å². The second kappa shape index (κ2) is 13.2. The Labute approximate surface area is 208 Å². The van der Waals surface area contributed by atoms with Gasteiger partial charge in [-0.15, -0.1) is 0 Å². The first kappa shape index (κ1) is 25.1. The van der Waals surface area contributed by atoms with Crippen LogP contribution in [0.15, 0.2) is 91.0 Å². The summed E-state index contributed by atoms with van der Waals surface area (Å²) in [5.74, 6) is -0.118. The van der Waals surface area contributed by atoms with Crippen molar-refractivity contribution in [1.29, 1.82) is 0 Å². The molecule has 1 saturated heterocycles. The van der Waals surface area contributed by atoms with E-state index in [1.54, 1.807) is 7.11 Å². The van der Waals surface area contributed by atoms with Crippen molar-refractivity contribution in [2.75, 3.05) is 13.7 Å². The van der Waals surface area contributed by atoms with Gasteiger partial charge in [-0.3, -0.25) is 0 Å². The van der Waals surface area contributed by atoms with Crippen LogP contribution in [0.4, 0.5) is 0 Å². The number of methoxy groups -OCH3 is 1. The molecule has 180 valence electrons. The van der Waals surface area contributed by atoms with Crippen molar-refractivity contribution in [2.24, 2.45) is 5.92 Å².